The van der Waals surface area contributed by atoms with Crippen LogP contribution in [0.5, 0.6) is 0 Å². The first kappa shape index (κ1) is 12.6. The number of nitrogens with one attached hydrogen (secondary N) is 1. The van der Waals surface area contributed by atoms with Gasteiger partial charge in [-0.25, -0.2) is 0 Å². The van der Waals surface area contributed by atoms with Gasteiger partial charge < -0.3 is 9.88 Å². The molecule has 1 heterocycles. The lowest BCUT2D eigenvalue weighted by atomic mass is 10.2. The monoisotopic (exact) mass is 312 g/mol. The molecule has 17 heavy (non-hydrogen) atoms. The highest BCUT2D eigenvalue weighted by Gasteiger charge is 2.07. The molecule has 1 aromatic heterocycles. The van der Waals surface area contributed by atoms with Crippen molar-refractivity contribution in [2.75, 3.05) is 7.05 Å². The second-order valence-electron chi connectivity index (χ2n) is 3.62. The van der Waals surface area contributed by atoms with Gasteiger partial charge in [0.25, 0.3) is 0 Å². The number of hydrogen-bond donors (Lipinski definition) is 1. The summed E-state index contributed by atoms with van der Waals surface area (Å²) in [5, 5.41) is 11.9. The lowest BCUT2D eigenvalue weighted by Gasteiger charge is -2.06. The lowest BCUT2D eigenvalue weighted by Crippen LogP contribution is -2.04. The van der Waals surface area contributed by atoms with Crippen molar-refractivity contribution in [3.63, 3.8) is 0 Å². The number of hydrogen-bond acceptors (Lipinski definition) is 4. The Balaban J connectivity index is 2.19. The molecule has 0 aliphatic carbocycles. The fourth-order valence-corrected chi connectivity index (χ4v) is 2.84. The van der Waals surface area contributed by atoms with Gasteiger partial charge in [0.2, 0.25) is 0 Å². The summed E-state index contributed by atoms with van der Waals surface area (Å²) in [5.74, 6) is 0. The molecule has 4 nitrogen and oxygen atoms in total. The van der Waals surface area contributed by atoms with Gasteiger partial charge in [-0.15, -0.1) is 10.2 Å². The average Bonchev–Trinajstić information content (AvgIpc) is 2.69. The molecule has 2 aromatic rings. The van der Waals surface area contributed by atoms with E-state index >= 15 is 0 Å². The molecule has 90 valence electrons. The Bertz CT molecular complexity index is 512. The topological polar surface area (TPSA) is 42.7 Å². The number of aryl methyl sites for hydroxylation is 1. The van der Waals surface area contributed by atoms with Crippen molar-refractivity contribution in [1.82, 2.24) is 20.1 Å². The highest BCUT2D eigenvalue weighted by Crippen LogP contribution is 2.32. The highest BCUT2D eigenvalue weighted by molar-refractivity contribution is 9.10. The van der Waals surface area contributed by atoms with Crippen LogP contribution in [0.4, 0.5) is 0 Å². The van der Waals surface area contributed by atoms with E-state index in [2.05, 4.69) is 49.6 Å². The number of rotatable bonds is 4. The smallest absolute Gasteiger partial charge is 0.195 e. The van der Waals surface area contributed by atoms with Crippen LogP contribution in [-0.2, 0) is 13.6 Å². The molecular weight excluding hydrogens is 300 g/mol. The van der Waals surface area contributed by atoms with Crippen molar-refractivity contribution < 1.29 is 0 Å². The Kier molecular flexibility index (Phi) is 4.20. The van der Waals surface area contributed by atoms with E-state index in [9.17, 15) is 0 Å². The van der Waals surface area contributed by atoms with E-state index in [1.165, 1.54) is 5.56 Å². The van der Waals surface area contributed by atoms with Crippen molar-refractivity contribution in [1.29, 1.82) is 0 Å². The summed E-state index contributed by atoms with van der Waals surface area (Å²) >= 11 is 5.18. The zero-order chi connectivity index (χ0) is 12.3. The molecule has 0 bridgehead atoms. The summed E-state index contributed by atoms with van der Waals surface area (Å²) in [4.78, 5) is 1.14. The molecule has 0 amide bonds. The molecular formula is C11H13BrN4S. The lowest BCUT2D eigenvalue weighted by molar-refractivity contribution is 0.788. The van der Waals surface area contributed by atoms with Crippen LogP contribution in [0.25, 0.3) is 0 Å². The normalized spacial score (nSPS) is 10.8. The fraction of sp³-hybridized carbons (Fsp3) is 0.273. The molecule has 0 atom stereocenters. The molecule has 0 aliphatic heterocycles. The van der Waals surface area contributed by atoms with Gasteiger partial charge in [0, 0.05) is 23.0 Å². The Labute approximate surface area is 113 Å². The van der Waals surface area contributed by atoms with Crippen LogP contribution in [-0.4, -0.2) is 21.8 Å². The zero-order valence-electron chi connectivity index (χ0n) is 9.64. The summed E-state index contributed by atoms with van der Waals surface area (Å²) in [5.41, 5.74) is 1.25. The third kappa shape index (κ3) is 3.08. The van der Waals surface area contributed by atoms with Crippen LogP contribution >= 0.6 is 27.7 Å². The van der Waals surface area contributed by atoms with Gasteiger partial charge in [-0.05, 0) is 52.4 Å². The van der Waals surface area contributed by atoms with Crippen molar-refractivity contribution >= 4 is 27.7 Å². The first-order valence-corrected chi connectivity index (χ1v) is 6.76. The first-order chi connectivity index (χ1) is 8.20. The molecule has 0 saturated heterocycles. The van der Waals surface area contributed by atoms with Crippen molar-refractivity contribution in [3.05, 3.63) is 34.6 Å². The second kappa shape index (κ2) is 5.66. The van der Waals surface area contributed by atoms with Crippen LogP contribution in [0.1, 0.15) is 5.56 Å². The van der Waals surface area contributed by atoms with Crippen LogP contribution in [0.2, 0.25) is 0 Å². The summed E-state index contributed by atoms with van der Waals surface area (Å²) in [6.45, 7) is 0.869. The Hall–Kier alpha value is -0.850. The van der Waals surface area contributed by atoms with E-state index in [4.69, 9.17) is 0 Å². The van der Waals surface area contributed by atoms with Gasteiger partial charge in [0.1, 0.15) is 6.33 Å². The van der Waals surface area contributed by atoms with Gasteiger partial charge in [-0.2, -0.15) is 0 Å². The zero-order valence-corrected chi connectivity index (χ0v) is 12.0. The van der Waals surface area contributed by atoms with Gasteiger partial charge in [0.15, 0.2) is 5.16 Å². The van der Waals surface area contributed by atoms with E-state index in [1.54, 1.807) is 18.1 Å². The largest absolute Gasteiger partial charge is 0.316 e. The van der Waals surface area contributed by atoms with Crippen molar-refractivity contribution in [3.8, 4) is 0 Å². The van der Waals surface area contributed by atoms with Crippen LogP contribution < -0.4 is 5.32 Å². The maximum absolute atomic E-state index is 4.05. The van der Waals surface area contributed by atoms with Crippen LogP contribution in [0.15, 0.2) is 39.1 Å². The molecule has 0 aliphatic rings. The van der Waals surface area contributed by atoms with E-state index in [1.807, 2.05) is 18.7 Å². The maximum atomic E-state index is 4.05. The molecule has 0 saturated carbocycles. The highest BCUT2D eigenvalue weighted by atomic mass is 79.9. The molecule has 0 fully saturated rings. The first-order valence-electron chi connectivity index (χ1n) is 5.15. The number of nitrogens with zero attached hydrogens (tertiary/aromatic N) is 3. The third-order valence-electron chi connectivity index (χ3n) is 2.25. The Morgan fingerprint density at radius 1 is 1.47 bits per heavy atom. The summed E-state index contributed by atoms with van der Waals surface area (Å²) in [6.07, 6.45) is 1.70. The van der Waals surface area contributed by atoms with Crippen LogP contribution in [0, 0.1) is 0 Å². The SMILES string of the molecule is CNCc1ccc(Sc2nncn2C)c(Br)c1. The van der Waals surface area contributed by atoms with E-state index in [-0.39, 0.29) is 0 Å². The van der Waals surface area contributed by atoms with Gasteiger partial charge in [0.05, 0.1) is 0 Å². The standard InChI is InChI=1S/C11H13BrN4S/c1-13-6-8-3-4-10(9(12)5-8)17-11-15-14-7-16(11)2/h3-5,7,13H,6H2,1-2H3. The number of aromatic nitrogens is 3. The van der Waals surface area contributed by atoms with E-state index in [0.29, 0.717) is 0 Å². The molecule has 1 aromatic carbocycles. The van der Waals surface area contributed by atoms with Crippen molar-refractivity contribution in [2.45, 2.75) is 16.6 Å². The average molecular weight is 313 g/mol. The van der Waals surface area contributed by atoms with Gasteiger partial charge >= 0.3 is 0 Å². The Morgan fingerprint density at radius 2 is 2.29 bits per heavy atom. The summed E-state index contributed by atoms with van der Waals surface area (Å²) in [7, 11) is 3.88. The molecule has 6 heteroatoms. The number of halogens is 1. The molecule has 2 rings (SSSR count). The minimum atomic E-state index is 0.869. The second-order valence-corrected chi connectivity index (χ2v) is 5.49. The van der Waals surface area contributed by atoms with E-state index in [0.717, 1.165) is 21.1 Å². The summed E-state index contributed by atoms with van der Waals surface area (Å²) < 4.78 is 2.98. The molecule has 0 spiro atoms. The van der Waals surface area contributed by atoms with E-state index < -0.39 is 0 Å². The van der Waals surface area contributed by atoms with Gasteiger partial charge in [-0.1, -0.05) is 6.07 Å². The molecule has 1 N–H and O–H groups in total. The predicted octanol–water partition coefficient (Wildman–Crippen LogP) is 2.45. The summed E-state index contributed by atoms with van der Waals surface area (Å²) in [6, 6.07) is 6.32. The third-order valence-corrected chi connectivity index (χ3v) is 4.29. The van der Waals surface area contributed by atoms with Crippen molar-refractivity contribution in [2.24, 2.45) is 7.05 Å². The molecule has 0 radical (unpaired) electrons. The fourth-order valence-electron chi connectivity index (χ4n) is 1.40. The number of benzene rings is 1. The van der Waals surface area contributed by atoms with Gasteiger partial charge in [-0.3, -0.25) is 0 Å². The maximum Gasteiger partial charge on any atom is 0.195 e. The van der Waals surface area contributed by atoms with Crippen LogP contribution in [0.3, 0.4) is 0 Å². The minimum absolute atomic E-state index is 0.869. The quantitative estimate of drug-likeness (QED) is 0.941. The molecule has 0 unspecified atom stereocenters. The minimum Gasteiger partial charge on any atom is -0.316 e. The predicted molar refractivity (Wildman–Crippen MR) is 72.0 cm³/mol. The Morgan fingerprint density at radius 3 is 2.88 bits per heavy atom.